The lowest BCUT2D eigenvalue weighted by atomic mass is 9.97. The van der Waals surface area contributed by atoms with Crippen molar-refractivity contribution in [3.05, 3.63) is 57.5 Å². The summed E-state index contributed by atoms with van der Waals surface area (Å²) in [4.78, 5) is 12.3. The highest BCUT2D eigenvalue weighted by Gasteiger charge is 2.15. The molecule has 0 saturated carbocycles. The van der Waals surface area contributed by atoms with Gasteiger partial charge in [-0.05, 0) is 55.4 Å². The van der Waals surface area contributed by atoms with Crippen LogP contribution in [-0.2, 0) is 35.8 Å². The molecule has 1 heterocycles. The molecule has 3 rings (SSSR count). The van der Waals surface area contributed by atoms with E-state index in [9.17, 15) is 13.2 Å². The number of nitrogens with zero attached hydrogens (tertiary/aromatic N) is 2. The minimum absolute atomic E-state index is 0.129. The van der Waals surface area contributed by atoms with E-state index in [1.165, 1.54) is 4.68 Å². The molecule has 0 aliphatic heterocycles. The number of hydrogen-bond acceptors (Lipinski definition) is 4. The zero-order valence-electron chi connectivity index (χ0n) is 14.4. The van der Waals surface area contributed by atoms with Gasteiger partial charge < -0.3 is 0 Å². The summed E-state index contributed by atoms with van der Waals surface area (Å²) in [6.45, 7) is 2.37. The number of aromatic nitrogens is 2. The van der Waals surface area contributed by atoms with Gasteiger partial charge in [-0.3, -0.25) is 4.79 Å². The molecule has 1 aliphatic carbocycles. The Bertz CT molecular complexity index is 902. The van der Waals surface area contributed by atoms with Gasteiger partial charge in [0.1, 0.15) is 0 Å². The normalized spacial score (nSPS) is 14.3. The summed E-state index contributed by atoms with van der Waals surface area (Å²) in [6.07, 6.45) is 4.82. The van der Waals surface area contributed by atoms with E-state index in [1.807, 2.05) is 19.1 Å². The van der Waals surface area contributed by atoms with Crippen LogP contribution < -0.4 is 10.3 Å². The second-order valence-corrected chi connectivity index (χ2v) is 8.05. The molecular formula is C18H23N3O3S. The van der Waals surface area contributed by atoms with Crippen LogP contribution in [0.25, 0.3) is 0 Å². The Kier molecular flexibility index (Phi) is 5.34. The fraction of sp³-hybridized carbons (Fsp3) is 0.444. The van der Waals surface area contributed by atoms with Gasteiger partial charge >= 0.3 is 0 Å². The zero-order chi connectivity index (χ0) is 17.9. The lowest BCUT2D eigenvalue weighted by molar-refractivity contribution is 0.526. The van der Waals surface area contributed by atoms with E-state index >= 15 is 0 Å². The van der Waals surface area contributed by atoms with Gasteiger partial charge in [-0.15, -0.1) is 0 Å². The molecule has 0 amide bonds. The molecule has 6 nitrogen and oxygen atoms in total. The summed E-state index contributed by atoms with van der Waals surface area (Å²) in [6, 6.07) is 8.46. The van der Waals surface area contributed by atoms with Gasteiger partial charge in [0.05, 0.1) is 17.1 Å². The van der Waals surface area contributed by atoms with Crippen molar-refractivity contribution >= 4 is 10.0 Å². The summed E-state index contributed by atoms with van der Waals surface area (Å²) in [5.74, 6) is 0. The molecule has 0 bridgehead atoms. The summed E-state index contributed by atoms with van der Waals surface area (Å²) >= 11 is 0. The third-order valence-corrected chi connectivity index (χ3v) is 6.01. The number of benzene rings is 1. The van der Waals surface area contributed by atoms with Gasteiger partial charge in [0.25, 0.3) is 5.56 Å². The van der Waals surface area contributed by atoms with Crippen molar-refractivity contribution in [2.24, 2.45) is 0 Å². The first-order valence-corrected chi connectivity index (χ1v) is 10.2. The SMILES string of the molecule is CCc1ccc(S(=O)(=O)NCCn2nc3c(cc2=O)CCCC3)cc1. The lowest BCUT2D eigenvalue weighted by Gasteiger charge is -2.16. The van der Waals surface area contributed by atoms with Crippen LogP contribution in [0.2, 0.25) is 0 Å². The van der Waals surface area contributed by atoms with Crippen LogP contribution >= 0.6 is 0 Å². The van der Waals surface area contributed by atoms with Gasteiger partial charge in [-0.2, -0.15) is 5.10 Å². The maximum absolute atomic E-state index is 12.3. The first kappa shape index (κ1) is 17.8. The molecule has 0 unspecified atom stereocenters. The van der Waals surface area contributed by atoms with Crippen LogP contribution in [0, 0.1) is 0 Å². The molecule has 2 aromatic rings. The third-order valence-electron chi connectivity index (χ3n) is 4.53. The van der Waals surface area contributed by atoms with Crippen LogP contribution in [-0.4, -0.2) is 24.7 Å². The largest absolute Gasteiger partial charge is 0.268 e. The first-order valence-electron chi connectivity index (χ1n) is 8.68. The minimum Gasteiger partial charge on any atom is -0.268 e. The third kappa shape index (κ3) is 4.16. The smallest absolute Gasteiger partial charge is 0.267 e. The minimum atomic E-state index is -3.58. The molecule has 1 aliphatic rings. The average molecular weight is 361 g/mol. The average Bonchev–Trinajstić information content (AvgIpc) is 2.62. The summed E-state index contributed by atoms with van der Waals surface area (Å²) < 4.78 is 28.5. The molecule has 1 aromatic heterocycles. The van der Waals surface area contributed by atoms with Crippen molar-refractivity contribution in [2.45, 2.75) is 50.5 Å². The predicted molar refractivity (Wildman–Crippen MR) is 96.1 cm³/mol. The fourth-order valence-corrected chi connectivity index (χ4v) is 4.06. The molecule has 0 radical (unpaired) electrons. The molecular weight excluding hydrogens is 338 g/mol. The first-order chi connectivity index (χ1) is 12.0. The lowest BCUT2D eigenvalue weighted by Crippen LogP contribution is -2.33. The van der Waals surface area contributed by atoms with Crippen LogP contribution in [0.4, 0.5) is 0 Å². The monoisotopic (exact) mass is 361 g/mol. The highest BCUT2D eigenvalue weighted by molar-refractivity contribution is 7.89. The number of nitrogens with one attached hydrogen (secondary N) is 1. The predicted octanol–water partition coefficient (Wildman–Crippen LogP) is 1.66. The van der Waals surface area contributed by atoms with E-state index in [0.29, 0.717) is 0 Å². The molecule has 0 spiro atoms. The molecule has 25 heavy (non-hydrogen) atoms. The quantitative estimate of drug-likeness (QED) is 0.848. The van der Waals surface area contributed by atoms with E-state index in [-0.39, 0.29) is 23.5 Å². The van der Waals surface area contributed by atoms with Gasteiger partial charge in [0, 0.05) is 12.6 Å². The molecule has 1 N–H and O–H groups in total. The van der Waals surface area contributed by atoms with E-state index in [4.69, 9.17) is 0 Å². The van der Waals surface area contributed by atoms with E-state index in [1.54, 1.807) is 18.2 Å². The molecule has 0 saturated heterocycles. The van der Waals surface area contributed by atoms with Crippen molar-refractivity contribution in [2.75, 3.05) is 6.54 Å². The number of aryl methyl sites for hydroxylation is 3. The van der Waals surface area contributed by atoms with Crippen LogP contribution in [0.3, 0.4) is 0 Å². The number of sulfonamides is 1. The van der Waals surface area contributed by atoms with Crippen LogP contribution in [0.15, 0.2) is 40.0 Å². The highest BCUT2D eigenvalue weighted by Crippen LogP contribution is 2.16. The Labute approximate surface area is 147 Å². The summed E-state index contributed by atoms with van der Waals surface area (Å²) in [7, 11) is -3.58. The Hall–Kier alpha value is -1.99. The molecule has 0 fully saturated rings. The van der Waals surface area contributed by atoms with E-state index in [2.05, 4.69) is 9.82 Å². The van der Waals surface area contributed by atoms with Gasteiger partial charge in [0.2, 0.25) is 10.0 Å². The van der Waals surface area contributed by atoms with Crippen LogP contribution in [0.5, 0.6) is 0 Å². The fourth-order valence-electron chi connectivity index (χ4n) is 3.03. The van der Waals surface area contributed by atoms with E-state index in [0.717, 1.165) is 48.9 Å². The maximum Gasteiger partial charge on any atom is 0.267 e. The van der Waals surface area contributed by atoms with Crippen molar-refractivity contribution in [3.63, 3.8) is 0 Å². The second-order valence-electron chi connectivity index (χ2n) is 6.28. The van der Waals surface area contributed by atoms with Gasteiger partial charge in [-0.25, -0.2) is 17.8 Å². The van der Waals surface area contributed by atoms with E-state index < -0.39 is 10.0 Å². The topological polar surface area (TPSA) is 81.1 Å². The standard InChI is InChI=1S/C18H23N3O3S/c1-2-14-7-9-16(10-8-14)25(23,24)19-11-12-21-18(22)13-15-5-3-4-6-17(15)20-21/h7-10,13,19H,2-6,11-12H2,1H3. The number of rotatable bonds is 6. The second kappa shape index (κ2) is 7.49. The van der Waals surface area contributed by atoms with Crippen molar-refractivity contribution in [1.29, 1.82) is 0 Å². The number of hydrogen-bond donors (Lipinski definition) is 1. The van der Waals surface area contributed by atoms with Gasteiger partial charge in [0.15, 0.2) is 0 Å². The van der Waals surface area contributed by atoms with Crippen molar-refractivity contribution in [3.8, 4) is 0 Å². The Morgan fingerprint density at radius 2 is 1.88 bits per heavy atom. The number of fused-ring (bicyclic) bond motifs is 1. The van der Waals surface area contributed by atoms with Gasteiger partial charge in [-0.1, -0.05) is 19.1 Å². The Morgan fingerprint density at radius 3 is 2.60 bits per heavy atom. The Morgan fingerprint density at radius 1 is 1.16 bits per heavy atom. The Balaban J connectivity index is 1.66. The molecule has 0 atom stereocenters. The summed E-state index contributed by atoms with van der Waals surface area (Å²) in [5.41, 5.74) is 2.91. The van der Waals surface area contributed by atoms with Crippen molar-refractivity contribution < 1.29 is 8.42 Å². The highest BCUT2D eigenvalue weighted by atomic mass is 32.2. The molecule has 1 aromatic carbocycles. The maximum atomic E-state index is 12.3. The van der Waals surface area contributed by atoms with Crippen molar-refractivity contribution in [1.82, 2.24) is 14.5 Å². The molecule has 7 heteroatoms. The van der Waals surface area contributed by atoms with Crippen LogP contribution in [0.1, 0.15) is 36.6 Å². The zero-order valence-corrected chi connectivity index (χ0v) is 15.2. The molecule has 134 valence electrons. The summed E-state index contributed by atoms with van der Waals surface area (Å²) in [5, 5.41) is 4.40.